The molecule has 1 amide bonds. The van der Waals surface area contributed by atoms with E-state index in [-0.39, 0.29) is 18.1 Å². The number of nitrogens with one attached hydrogen (secondary N) is 1. The third-order valence-corrected chi connectivity index (χ3v) is 4.52. The Bertz CT molecular complexity index is 398. The van der Waals surface area contributed by atoms with E-state index in [2.05, 4.69) is 10.2 Å². The van der Waals surface area contributed by atoms with Gasteiger partial charge in [0.2, 0.25) is 5.91 Å². The van der Waals surface area contributed by atoms with E-state index < -0.39 is 9.84 Å². The van der Waals surface area contributed by atoms with Crippen molar-refractivity contribution >= 4 is 15.7 Å². The average molecular weight is 275 g/mol. The van der Waals surface area contributed by atoms with Crippen LogP contribution in [0.25, 0.3) is 0 Å². The van der Waals surface area contributed by atoms with Crippen LogP contribution in [0.3, 0.4) is 0 Å². The number of nitrogens with zero attached hydrogens (tertiary/aromatic N) is 2. The minimum absolute atomic E-state index is 0.0354. The summed E-state index contributed by atoms with van der Waals surface area (Å²) in [4.78, 5) is 15.9. The molecular formula is C11H21N3O3S. The lowest BCUT2D eigenvalue weighted by Gasteiger charge is -2.46. The van der Waals surface area contributed by atoms with E-state index in [9.17, 15) is 13.2 Å². The summed E-state index contributed by atoms with van der Waals surface area (Å²) in [6.45, 7) is 5.61. The van der Waals surface area contributed by atoms with Crippen molar-refractivity contribution in [1.29, 1.82) is 0 Å². The van der Waals surface area contributed by atoms with Gasteiger partial charge in [-0.1, -0.05) is 0 Å². The van der Waals surface area contributed by atoms with Crippen molar-refractivity contribution < 1.29 is 13.2 Å². The van der Waals surface area contributed by atoms with E-state index >= 15 is 0 Å². The zero-order valence-corrected chi connectivity index (χ0v) is 11.6. The summed E-state index contributed by atoms with van der Waals surface area (Å²) in [5, 5.41) is 3.30. The Balaban J connectivity index is 1.70. The lowest BCUT2D eigenvalue weighted by Crippen LogP contribution is -2.64. The van der Waals surface area contributed by atoms with Crippen LogP contribution in [0.5, 0.6) is 0 Å². The van der Waals surface area contributed by atoms with Gasteiger partial charge in [-0.3, -0.25) is 9.69 Å². The molecule has 0 unspecified atom stereocenters. The zero-order valence-electron chi connectivity index (χ0n) is 10.8. The number of amides is 1. The number of hydrogen-bond acceptors (Lipinski definition) is 5. The Hall–Kier alpha value is -0.660. The standard InChI is InChI=1S/C11H21N3O3S/c1-18(16,17)7-2-11(15)14-8-10(9-14)13-5-3-12-4-6-13/h10,12H,2-9H2,1H3. The summed E-state index contributed by atoms with van der Waals surface area (Å²) >= 11 is 0. The largest absolute Gasteiger partial charge is 0.339 e. The second-order valence-corrected chi connectivity index (χ2v) is 7.38. The minimum Gasteiger partial charge on any atom is -0.339 e. The molecular weight excluding hydrogens is 254 g/mol. The van der Waals surface area contributed by atoms with Crippen LogP contribution in [0, 0.1) is 0 Å². The molecule has 2 saturated heterocycles. The molecule has 0 spiro atoms. The van der Waals surface area contributed by atoms with E-state index in [0.717, 1.165) is 39.3 Å². The Morgan fingerprint density at radius 1 is 1.28 bits per heavy atom. The Labute approximate surface area is 108 Å². The van der Waals surface area contributed by atoms with E-state index in [0.29, 0.717) is 6.04 Å². The number of hydrogen-bond donors (Lipinski definition) is 1. The predicted octanol–water partition coefficient (Wildman–Crippen LogP) is -1.46. The van der Waals surface area contributed by atoms with Gasteiger partial charge < -0.3 is 10.2 Å². The van der Waals surface area contributed by atoms with E-state index in [1.54, 1.807) is 4.90 Å². The Morgan fingerprint density at radius 2 is 1.89 bits per heavy atom. The molecule has 1 N–H and O–H groups in total. The maximum Gasteiger partial charge on any atom is 0.223 e. The molecule has 0 atom stereocenters. The minimum atomic E-state index is -3.04. The normalized spacial score (nSPS) is 22.8. The van der Waals surface area contributed by atoms with Crippen LogP contribution in [0.4, 0.5) is 0 Å². The monoisotopic (exact) mass is 275 g/mol. The van der Waals surface area contributed by atoms with Gasteiger partial charge in [0.15, 0.2) is 0 Å². The molecule has 0 aliphatic carbocycles. The number of piperazine rings is 1. The van der Waals surface area contributed by atoms with Crippen LogP contribution in [0.15, 0.2) is 0 Å². The van der Waals surface area contributed by atoms with Crippen LogP contribution in [0.2, 0.25) is 0 Å². The van der Waals surface area contributed by atoms with Gasteiger partial charge in [-0.25, -0.2) is 8.42 Å². The molecule has 2 aliphatic heterocycles. The first-order chi connectivity index (χ1) is 8.46. The van der Waals surface area contributed by atoms with Gasteiger partial charge in [0, 0.05) is 58.0 Å². The highest BCUT2D eigenvalue weighted by molar-refractivity contribution is 7.90. The van der Waals surface area contributed by atoms with Gasteiger partial charge >= 0.3 is 0 Å². The molecule has 0 saturated carbocycles. The molecule has 2 rings (SSSR count). The van der Waals surface area contributed by atoms with Crippen molar-refractivity contribution in [1.82, 2.24) is 15.1 Å². The first-order valence-corrected chi connectivity index (χ1v) is 8.42. The molecule has 6 nitrogen and oxygen atoms in total. The van der Waals surface area contributed by atoms with Crippen LogP contribution in [-0.4, -0.2) is 81.4 Å². The van der Waals surface area contributed by atoms with Crippen molar-refractivity contribution in [3.05, 3.63) is 0 Å². The lowest BCUT2D eigenvalue weighted by molar-refractivity contribution is -0.138. The van der Waals surface area contributed by atoms with Crippen LogP contribution < -0.4 is 5.32 Å². The number of sulfone groups is 1. The third-order valence-electron chi connectivity index (χ3n) is 3.57. The molecule has 0 aromatic heterocycles. The van der Waals surface area contributed by atoms with Gasteiger partial charge in [0.25, 0.3) is 0 Å². The van der Waals surface area contributed by atoms with E-state index in [4.69, 9.17) is 0 Å². The average Bonchev–Trinajstić information content (AvgIpc) is 2.25. The Morgan fingerprint density at radius 3 is 2.44 bits per heavy atom. The first-order valence-electron chi connectivity index (χ1n) is 6.36. The fraction of sp³-hybridized carbons (Fsp3) is 0.909. The highest BCUT2D eigenvalue weighted by Crippen LogP contribution is 2.16. The van der Waals surface area contributed by atoms with Gasteiger partial charge in [-0.15, -0.1) is 0 Å². The molecule has 0 bridgehead atoms. The van der Waals surface area contributed by atoms with E-state index in [1.807, 2.05) is 0 Å². The fourth-order valence-electron chi connectivity index (χ4n) is 2.37. The molecule has 2 fully saturated rings. The van der Waals surface area contributed by atoms with Crippen LogP contribution in [0.1, 0.15) is 6.42 Å². The summed E-state index contributed by atoms with van der Waals surface area (Å²) in [6.07, 6.45) is 1.28. The second-order valence-electron chi connectivity index (χ2n) is 5.12. The molecule has 7 heteroatoms. The summed E-state index contributed by atoms with van der Waals surface area (Å²) in [5.41, 5.74) is 0. The maximum atomic E-state index is 11.7. The van der Waals surface area contributed by atoms with Crippen molar-refractivity contribution in [3.63, 3.8) is 0 Å². The molecule has 0 aromatic carbocycles. The number of carbonyl (C=O) groups excluding carboxylic acids is 1. The Kier molecular flexibility index (Phi) is 4.24. The van der Waals surface area contributed by atoms with Crippen LogP contribution >= 0.6 is 0 Å². The quantitative estimate of drug-likeness (QED) is 0.679. The summed E-state index contributed by atoms with van der Waals surface area (Å²) < 4.78 is 22.0. The number of rotatable bonds is 4. The molecule has 0 aromatic rings. The maximum absolute atomic E-state index is 11.7. The predicted molar refractivity (Wildman–Crippen MR) is 69.1 cm³/mol. The molecule has 0 radical (unpaired) electrons. The SMILES string of the molecule is CS(=O)(=O)CCC(=O)N1CC(N2CCNCC2)C1. The molecule has 104 valence electrons. The summed E-state index contributed by atoms with van der Waals surface area (Å²) in [5.74, 6) is -0.0764. The van der Waals surface area contributed by atoms with Crippen molar-refractivity contribution in [2.24, 2.45) is 0 Å². The van der Waals surface area contributed by atoms with Crippen LogP contribution in [-0.2, 0) is 14.6 Å². The van der Waals surface area contributed by atoms with Crippen molar-refractivity contribution in [3.8, 4) is 0 Å². The molecule has 2 heterocycles. The third kappa shape index (κ3) is 3.66. The summed E-state index contributed by atoms with van der Waals surface area (Å²) in [6, 6.07) is 0.467. The number of carbonyl (C=O) groups is 1. The first kappa shape index (κ1) is 13.8. The molecule has 2 aliphatic rings. The van der Waals surface area contributed by atoms with Gasteiger partial charge in [0.05, 0.1) is 5.75 Å². The molecule has 18 heavy (non-hydrogen) atoms. The smallest absolute Gasteiger partial charge is 0.223 e. The number of likely N-dealkylation sites (tertiary alicyclic amines) is 1. The zero-order chi connectivity index (χ0) is 13.2. The van der Waals surface area contributed by atoms with Gasteiger partial charge in [0.1, 0.15) is 9.84 Å². The van der Waals surface area contributed by atoms with E-state index in [1.165, 1.54) is 6.26 Å². The lowest BCUT2D eigenvalue weighted by atomic mass is 10.1. The topological polar surface area (TPSA) is 69.7 Å². The highest BCUT2D eigenvalue weighted by atomic mass is 32.2. The van der Waals surface area contributed by atoms with Crippen molar-refractivity contribution in [2.45, 2.75) is 12.5 Å². The second kappa shape index (κ2) is 5.54. The summed E-state index contributed by atoms with van der Waals surface area (Å²) in [7, 11) is -3.04. The van der Waals surface area contributed by atoms with Gasteiger partial charge in [-0.2, -0.15) is 0 Å². The fourth-order valence-corrected chi connectivity index (χ4v) is 2.91. The van der Waals surface area contributed by atoms with Gasteiger partial charge in [-0.05, 0) is 0 Å². The highest BCUT2D eigenvalue weighted by Gasteiger charge is 2.34. The van der Waals surface area contributed by atoms with Crippen molar-refractivity contribution in [2.75, 3.05) is 51.3 Å².